The Kier molecular flexibility index (Phi) is 5.15. The fourth-order valence-corrected chi connectivity index (χ4v) is 2.94. The molecular weight excluding hydrogens is 326 g/mol. The summed E-state index contributed by atoms with van der Waals surface area (Å²) < 4.78 is 0. The maximum atomic E-state index is 11.8. The molecule has 0 unspecified atom stereocenters. The molecule has 0 saturated carbocycles. The minimum absolute atomic E-state index is 0.00250. The first-order chi connectivity index (χ1) is 11.7. The number of hydrogen-bond acceptors (Lipinski definition) is 4. The summed E-state index contributed by atoms with van der Waals surface area (Å²) in [6, 6.07) is 11.5. The Hall–Kier alpha value is -2.34. The average molecular weight is 346 g/mol. The molecule has 0 bridgehead atoms. The van der Waals surface area contributed by atoms with Crippen molar-refractivity contribution in [2.24, 2.45) is 0 Å². The Morgan fingerprint density at radius 3 is 2.50 bits per heavy atom. The summed E-state index contributed by atoms with van der Waals surface area (Å²) in [7, 11) is 0. The van der Waals surface area contributed by atoms with Gasteiger partial charge in [-0.2, -0.15) is 0 Å². The van der Waals surface area contributed by atoms with Gasteiger partial charge in [-0.25, -0.2) is 4.79 Å². The molecule has 1 fully saturated rings. The van der Waals surface area contributed by atoms with Gasteiger partial charge >= 0.3 is 6.03 Å². The molecule has 1 aliphatic heterocycles. The summed E-state index contributed by atoms with van der Waals surface area (Å²) in [6.07, 6.45) is 0. The van der Waals surface area contributed by atoms with Crippen molar-refractivity contribution in [1.29, 1.82) is 0 Å². The molecule has 24 heavy (non-hydrogen) atoms. The standard InChI is InChI=1S/C17H20ClN5O/c1-2-19-17(24)23-11-9-22(10-12-23)16-8-7-15(20-21-16)13-5-3-4-6-14(13)18/h3-8H,2,9-12H2,1H3,(H,19,24). The van der Waals surface area contributed by atoms with Crippen molar-refractivity contribution >= 4 is 23.4 Å². The number of nitrogens with one attached hydrogen (secondary N) is 1. The highest BCUT2D eigenvalue weighted by Crippen LogP contribution is 2.26. The molecule has 2 aromatic rings. The highest BCUT2D eigenvalue weighted by molar-refractivity contribution is 6.33. The van der Waals surface area contributed by atoms with E-state index in [1.807, 2.05) is 48.2 Å². The van der Waals surface area contributed by atoms with Gasteiger partial charge in [0.2, 0.25) is 0 Å². The first-order valence-electron chi connectivity index (χ1n) is 8.05. The van der Waals surface area contributed by atoms with Crippen LogP contribution in [-0.4, -0.2) is 53.9 Å². The fourth-order valence-electron chi connectivity index (χ4n) is 2.71. The molecule has 0 atom stereocenters. The maximum Gasteiger partial charge on any atom is 0.317 e. The Bertz CT molecular complexity index is 698. The highest BCUT2D eigenvalue weighted by Gasteiger charge is 2.21. The second-order valence-corrected chi connectivity index (χ2v) is 5.97. The van der Waals surface area contributed by atoms with Gasteiger partial charge in [0, 0.05) is 38.3 Å². The summed E-state index contributed by atoms with van der Waals surface area (Å²) in [5.41, 5.74) is 1.63. The van der Waals surface area contributed by atoms with E-state index < -0.39 is 0 Å². The van der Waals surface area contributed by atoms with Crippen LogP contribution in [-0.2, 0) is 0 Å². The molecule has 2 heterocycles. The van der Waals surface area contributed by atoms with Gasteiger partial charge in [-0.3, -0.25) is 0 Å². The summed E-state index contributed by atoms with van der Waals surface area (Å²) in [6.45, 7) is 5.42. The van der Waals surface area contributed by atoms with Crippen molar-refractivity contribution in [3.8, 4) is 11.3 Å². The maximum absolute atomic E-state index is 11.8. The molecule has 1 N–H and O–H groups in total. The zero-order chi connectivity index (χ0) is 16.9. The number of hydrogen-bond donors (Lipinski definition) is 1. The molecule has 7 heteroatoms. The minimum Gasteiger partial charge on any atom is -0.352 e. The molecule has 6 nitrogen and oxygen atoms in total. The highest BCUT2D eigenvalue weighted by atomic mass is 35.5. The SMILES string of the molecule is CCNC(=O)N1CCN(c2ccc(-c3ccccc3Cl)nn2)CC1. The average Bonchev–Trinajstić information content (AvgIpc) is 2.63. The molecule has 3 rings (SSSR count). The van der Waals surface area contributed by atoms with Gasteiger partial charge in [-0.1, -0.05) is 29.8 Å². The van der Waals surface area contributed by atoms with Crippen LogP contribution in [0.15, 0.2) is 36.4 Å². The molecule has 1 aromatic heterocycles. The fraction of sp³-hybridized carbons (Fsp3) is 0.353. The monoisotopic (exact) mass is 345 g/mol. The second-order valence-electron chi connectivity index (χ2n) is 5.57. The Balaban J connectivity index is 1.65. The zero-order valence-corrected chi connectivity index (χ0v) is 14.3. The summed E-state index contributed by atoms with van der Waals surface area (Å²) in [5, 5.41) is 12.1. The van der Waals surface area contributed by atoms with Crippen LogP contribution in [0.5, 0.6) is 0 Å². The molecule has 1 aromatic carbocycles. The number of carbonyl (C=O) groups excluding carboxylic acids is 1. The number of aromatic nitrogens is 2. The van der Waals surface area contributed by atoms with E-state index in [0.717, 1.165) is 30.2 Å². The van der Waals surface area contributed by atoms with Crippen LogP contribution < -0.4 is 10.2 Å². The van der Waals surface area contributed by atoms with E-state index >= 15 is 0 Å². The number of benzene rings is 1. The number of amides is 2. The predicted molar refractivity (Wildman–Crippen MR) is 95.3 cm³/mol. The van der Waals surface area contributed by atoms with E-state index in [9.17, 15) is 4.79 Å². The Morgan fingerprint density at radius 2 is 1.88 bits per heavy atom. The number of rotatable bonds is 3. The first kappa shape index (κ1) is 16.5. The van der Waals surface area contributed by atoms with Crippen molar-refractivity contribution in [2.75, 3.05) is 37.6 Å². The molecule has 1 aliphatic rings. The van der Waals surface area contributed by atoms with Crippen LogP contribution in [0.2, 0.25) is 5.02 Å². The first-order valence-corrected chi connectivity index (χ1v) is 8.43. The van der Waals surface area contributed by atoms with Crippen molar-refractivity contribution in [1.82, 2.24) is 20.4 Å². The van der Waals surface area contributed by atoms with Crippen molar-refractivity contribution < 1.29 is 4.79 Å². The van der Waals surface area contributed by atoms with E-state index in [2.05, 4.69) is 20.4 Å². The van der Waals surface area contributed by atoms with Crippen molar-refractivity contribution in [2.45, 2.75) is 6.92 Å². The van der Waals surface area contributed by atoms with Crippen LogP contribution in [0.1, 0.15) is 6.92 Å². The normalized spacial score (nSPS) is 14.6. The van der Waals surface area contributed by atoms with Gasteiger partial charge < -0.3 is 15.1 Å². The van der Waals surface area contributed by atoms with Crippen LogP contribution in [0.25, 0.3) is 11.3 Å². The molecule has 0 radical (unpaired) electrons. The van der Waals surface area contributed by atoms with E-state index in [4.69, 9.17) is 11.6 Å². The topological polar surface area (TPSA) is 61.4 Å². The van der Waals surface area contributed by atoms with Crippen molar-refractivity contribution in [3.05, 3.63) is 41.4 Å². The largest absolute Gasteiger partial charge is 0.352 e. The van der Waals surface area contributed by atoms with E-state index in [0.29, 0.717) is 24.7 Å². The number of anilines is 1. The van der Waals surface area contributed by atoms with Gasteiger partial charge in [0.25, 0.3) is 0 Å². The van der Waals surface area contributed by atoms with E-state index in [-0.39, 0.29) is 6.03 Å². The van der Waals surface area contributed by atoms with Crippen LogP contribution in [0, 0.1) is 0 Å². The molecule has 0 spiro atoms. The van der Waals surface area contributed by atoms with Gasteiger partial charge in [0.15, 0.2) is 5.82 Å². The third kappa shape index (κ3) is 3.59. The molecular formula is C17H20ClN5O. The smallest absolute Gasteiger partial charge is 0.317 e. The third-order valence-corrected chi connectivity index (χ3v) is 4.35. The number of urea groups is 1. The Morgan fingerprint density at radius 1 is 1.12 bits per heavy atom. The van der Waals surface area contributed by atoms with Crippen LogP contribution in [0.3, 0.4) is 0 Å². The molecule has 0 aliphatic carbocycles. The van der Waals surface area contributed by atoms with E-state index in [1.54, 1.807) is 0 Å². The van der Waals surface area contributed by atoms with Gasteiger partial charge in [0.05, 0.1) is 10.7 Å². The second kappa shape index (κ2) is 7.49. The number of halogens is 1. The lowest BCUT2D eigenvalue weighted by atomic mass is 10.1. The molecule has 2 amide bonds. The lowest BCUT2D eigenvalue weighted by Crippen LogP contribution is -2.52. The quantitative estimate of drug-likeness (QED) is 0.929. The predicted octanol–water partition coefficient (Wildman–Crippen LogP) is 2.65. The molecule has 126 valence electrons. The summed E-state index contributed by atoms with van der Waals surface area (Å²) in [4.78, 5) is 15.8. The lowest BCUT2D eigenvalue weighted by molar-refractivity contribution is 0.195. The summed E-state index contributed by atoms with van der Waals surface area (Å²) in [5.74, 6) is 0.821. The van der Waals surface area contributed by atoms with Crippen molar-refractivity contribution in [3.63, 3.8) is 0 Å². The number of carbonyl (C=O) groups is 1. The van der Waals surface area contributed by atoms with Gasteiger partial charge in [-0.15, -0.1) is 10.2 Å². The lowest BCUT2D eigenvalue weighted by Gasteiger charge is -2.35. The van der Waals surface area contributed by atoms with Crippen LogP contribution in [0.4, 0.5) is 10.6 Å². The third-order valence-electron chi connectivity index (χ3n) is 4.02. The number of piperazine rings is 1. The summed E-state index contributed by atoms with van der Waals surface area (Å²) >= 11 is 6.20. The Labute approximate surface area is 146 Å². The number of nitrogens with zero attached hydrogens (tertiary/aromatic N) is 4. The molecule has 1 saturated heterocycles. The minimum atomic E-state index is -0.00250. The zero-order valence-electron chi connectivity index (χ0n) is 13.6. The van der Waals surface area contributed by atoms with Crippen LogP contribution >= 0.6 is 11.6 Å². The van der Waals surface area contributed by atoms with E-state index in [1.165, 1.54) is 0 Å². The van der Waals surface area contributed by atoms with Gasteiger partial charge in [-0.05, 0) is 25.1 Å². The van der Waals surface area contributed by atoms with Gasteiger partial charge in [0.1, 0.15) is 0 Å².